The van der Waals surface area contributed by atoms with Crippen molar-refractivity contribution in [3.63, 3.8) is 0 Å². The van der Waals surface area contributed by atoms with Crippen molar-refractivity contribution >= 4 is 11.6 Å². The Labute approximate surface area is 122 Å². The first-order valence-corrected chi connectivity index (χ1v) is 6.81. The predicted molar refractivity (Wildman–Crippen MR) is 77.0 cm³/mol. The summed E-state index contributed by atoms with van der Waals surface area (Å²) in [7, 11) is 0. The van der Waals surface area contributed by atoms with Gasteiger partial charge >= 0.3 is 6.18 Å². The summed E-state index contributed by atoms with van der Waals surface area (Å²) in [4.78, 5) is 12.0. The first-order chi connectivity index (χ1) is 9.57. The average molecular weight is 302 g/mol. The molecule has 0 saturated carbocycles. The molecular weight excluding hydrogens is 281 g/mol. The Kier molecular flexibility index (Phi) is 5.25. The molecule has 0 aliphatic rings. The zero-order valence-corrected chi connectivity index (χ0v) is 12.6. The number of benzene rings is 1. The van der Waals surface area contributed by atoms with Gasteiger partial charge in [0.2, 0.25) is 5.91 Å². The van der Waals surface area contributed by atoms with Gasteiger partial charge in [0.05, 0.1) is 5.56 Å². The number of hydrogen-bond donors (Lipinski definition) is 2. The van der Waals surface area contributed by atoms with Crippen molar-refractivity contribution in [2.75, 3.05) is 5.32 Å². The monoisotopic (exact) mass is 302 g/mol. The number of halogens is 3. The van der Waals surface area contributed by atoms with E-state index in [1.54, 1.807) is 0 Å². The van der Waals surface area contributed by atoms with Crippen LogP contribution in [0.2, 0.25) is 0 Å². The van der Waals surface area contributed by atoms with E-state index in [-0.39, 0.29) is 11.6 Å². The van der Waals surface area contributed by atoms with E-state index in [2.05, 4.69) is 10.6 Å². The SMILES string of the molecule is CCC(C)(C)NC(=O)C(C)Nc1ccccc1C(F)(F)F. The van der Waals surface area contributed by atoms with Gasteiger partial charge in [0.25, 0.3) is 0 Å². The normalized spacial score (nSPS) is 13.7. The molecule has 0 aromatic heterocycles. The first-order valence-electron chi connectivity index (χ1n) is 6.81. The Hall–Kier alpha value is -1.72. The van der Waals surface area contributed by atoms with E-state index < -0.39 is 23.3 Å². The van der Waals surface area contributed by atoms with Crippen LogP contribution in [0.1, 0.15) is 39.7 Å². The molecule has 0 saturated heterocycles. The van der Waals surface area contributed by atoms with Crippen molar-refractivity contribution in [2.24, 2.45) is 0 Å². The van der Waals surface area contributed by atoms with E-state index in [0.717, 1.165) is 12.5 Å². The van der Waals surface area contributed by atoms with Crippen LogP contribution in [-0.4, -0.2) is 17.5 Å². The molecule has 0 spiro atoms. The predicted octanol–water partition coefficient (Wildman–Crippen LogP) is 3.81. The van der Waals surface area contributed by atoms with E-state index in [1.807, 2.05) is 20.8 Å². The van der Waals surface area contributed by atoms with Gasteiger partial charge in [-0.1, -0.05) is 19.1 Å². The second-order valence-electron chi connectivity index (χ2n) is 5.64. The number of anilines is 1. The van der Waals surface area contributed by atoms with Gasteiger partial charge in [0.1, 0.15) is 6.04 Å². The minimum absolute atomic E-state index is 0.0954. The Morgan fingerprint density at radius 3 is 2.33 bits per heavy atom. The number of carbonyl (C=O) groups is 1. The molecule has 1 amide bonds. The van der Waals surface area contributed by atoms with Gasteiger partial charge in [-0.3, -0.25) is 4.79 Å². The lowest BCUT2D eigenvalue weighted by Gasteiger charge is -2.27. The van der Waals surface area contributed by atoms with Crippen LogP contribution in [0.15, 0.2) is 24.3 Å². The Morgan fingerprint density at radius 2 is 1.81 bits per heavy atom. The number of para-hydroxylation sites is 1. The largest absolute Gasteiger partial charge is 0.418 e. The van der Waals surface area contributed by atoms with Gasteiger partial charge in [0.15, 0.2) is 0 Å². The number of amides is 1. The minimum Gasteiger partial charge on any atom is -0.373 e. The molecule has 1 aromatic rings. The number of carbonyl (C=O) groups excluding carboxylic acids is 1. The molecule has 0 aliphatic carbocycles. The standard InChI is InChI=1S/C15H21F3N2O/c1-5-14(3,4)20-13(21)10(2)19-12-9-7-6-8-11(12)15(16,17)18/h6-10,19H,5H2,1-4H3,(H,20,21). The summed E-state index contributed by atoms with van der Waals surface area (Å²) >= 11 is 0. The second-order valence-corrected chi connectivity index (χ2v) is 5.64. The molecule has 118 valence electrons. The molecule has 0 heterocycles. The third kappa shape index (κ3) is 4.95. The summed E-state index contributed by atoms with van der Waals surface area (Å²) in [5.74, 6) is -0.334. The van der Waals surface area contributed by atoms with Gasteiger partial charge in [-0.05, 0) is 39.3 Å². The molecule has 0 aliphatic heterocycles. The van der Waals surface area contributed by atoms with Crippen molar-refractivity contribution in [3.05, 3.63) is 29.8 Å². The molecule has 1 aromatic carbocycles. The smallest absolute Gasteiger partial charge is 0.373 e. The van der Waals surface area contributed by atoms with Crippen molar-refractivity contribution in [3.8, 4) is 0 Å². The Bertz CT molecular complexity index is 498. The van der Waals surface area contributed by atoms with E-state index in [0.29, 0.717) is 0 Å². The molecular formula is C15H21F3N2O. The van der Waals surface area contributed by atoms with E-state index in [9.17, 15) is 18.0 Å². The summed E-state index contributed by atoms with van der Waals surface area (Å²) in [5.41, 5.74) is -1.27. The number of rotatable bonds is 5. The lowest BCUT2D eigenvalue weighted by atomic mass is 10.0. The van der Waals surface area contributed by atoms with Gasteiger partial charge in [-0.15, -0.1) is 0 Å². The third-order valence-corrected chi connectivity index (χ3v) is 3.34. The van der Waals surface area contributed by atoms with Gasteiger partial charge in [-0.25, -0.2) is 0 Å². The van der Waals surface area contributed by atoms with Crippen molar-refractivity contribution in [1.82, 2.24) is 5.32 Å². The summed E-state index contributed by atoms with van der Waals surface area (Å²) in [6.07, 6.45) is -3.73. The number of alkyl halides is 3. The number of nitrogens with one attached hydrogen (secondary N) is 2. The highest BCUT2D eigenvalue weighted by Crippen LogP contribution is 2.34. The number of hydrogen-bond acceptors (Lipinski definition) is 2. The molecule has 2 N–H and O–H groups in total. The van der Waals surface area contributed by atoms with Crippen LogP contribution in [0.5, 0.6) is 0 Å². The lowest BCUT2D eigenvalue weighted by Crippen LogP contribution is -2.48. The quantitative estimate of drug-likeness (QED) is 0.868. The van der Waals surface area contributed by atoms with Crippen molar-refractivity contribution in [2.45, 2.75) is 51.9 Å². The molecule has 1 unspecified atom stereocenters. The van der Waals surface area contributed by atoms with Crippen molar-refractivity contribution < 1.29 is 18.0 Å². The van der Waals surface area contributed by atoms with Gasteiger partial charge in [0, 0.05) is 11.2 Å². The Morgan fingerprint density at radius 1 is 1.24 bits per heavy atom. The molecule has 0 fully saturated rings. The van der Waals surface area contributed by atoms with Crippen LogP contribution in [0.4, 0.5) is 18.9 Å². The van der Waals surface area contributed by atoms with Crippen LogP contribution in [0.3, 0.4) is 0 Å². The topological polar surface area (TPSA) is 41.1 Å². The molecule has 21 heavy (non-hydrogen) atoms. The third-order valence-electron chi connectivity index (χ3n) is 3.34. The highest BCUT2D eigenvalue weighted by molar-refractivity contribution is 5.85. The van der Waals surface area contributed by atoms with Crippen LogP contribution in [-0.2, 0) is 11.0 Å². The molecule has 6 heteroatoms. The maximum absolute atomic E-state index is 12.9. The second kappa shape index (κ2) is 6.37. The Balaban J connectivity index is 2.85. The highest BCUT2D eigenvalue weighted by Gasteiger charge is 2.34. The van der Waals surface area contributed by atoms with E-state index in [1.165, 1.54) is 25.1 Å². The zero-order chi connectivity index (χ0) is 16.3. The van der Waals surface area contributed by atoms with Gasteiger partial charge < -0.3 is 10.6 Å². The maximum atomic E-state index is 12.9. The fourth-order valence-electron chi connectivity index (χ4n) is 1.69. The highest BCUT2D eigenvalue weighted by atomic mass is 19.4. The fraction of sp³-hybridized carbons (Fsp3) is 0.533. The first kappa shape index (κ1) is 17.3. The van der Waals surface area contributed by atoms with E-state index in [4.69, 9.17) is 0 Å². The van der Waals surface area contributed by atoms with E-state index >= 15 is 0 Å². The van der Waals surface area contributed by atoms with Crippen LogP contribution >= 0.6 is 0 Å². The lowest BCUT2D eigenvalue weighted by molar-refractivity contribution is -0.137. The molecule has 1 atom stereocenters. The fourth-order valence-corrected chi connectivity index (χ4v) is 1.69. The summed E-state index contributed by atoms with van der Waals surface area (Å²) in [5, 5.41) is 5.43. The maximum Gasteiger partial charge on any atom is 0.418 e. The molecule has 0 radical (unpaired) electrons. The zero-order valence-electron chi connectivity index (χ0n) is 12.6. The average Bonchev–Trinajstić information content (AvgIpc) is 2.37. The summed E-state index contributed by atoms with van der Waals surface area (Å²) in [6.45, 7) is 7.19. The van der Waals surface area contributed by atoms with Crippen LogP contribution < -0.4 is 10.6 Å². The van der Waals surface area contributed by atoms with Crippen LogP contribution in [0.25, 0.3) is 0 Å². The van der Waals surface area contributed by atoms with Crippen LogP contribution in [0, 0.1) is 0 Å². The van der Waals surface area contributed by atoms with Gasteiger partial charge in [-0.2, -0.15) is 13.2 Å². The minimum atomic E-state index is -4.46. The summed E-state index contributed by atoms with van der Waals surface area (Å²) < 4.78 is 38.7. The molecule has 1 rings (SSSR count). The molecule has 0 bridgehead atoms. The summed E-state index contributed by atoms with van der Waals surface area (Å²) in [6, 6.07) is 4.36. The molecule has 3 nitrogen and oxygen atoms in total. The van der Waals surface area contributed by atoms with Crippen molar-refractivity contribution in [1.29, 1.82) is 0 Å².